The monoisotopic (exact) mass is 329 g/mol. The van der Waals surface area contributed by atoms with Crippen molar-refractivity contribution in [2.75, 3.05) is 13.1 Å². The summed E-state index contributed by atoms with van der Waals surface area (Å²) in [6.45, 7) is 1.22. The molecule has 0 spiro atoms. The van der Waals surface area contributed by atoms with E-state index >= 15 is 0 Å². The highest BCUT2D eigenvalue weighted by molar-refractivity contribution is 5.82. The summed E-state index contributed by atoms with van der Waals surface area (Å²) in [5, 5.41) is 11.5. The average Bonchev–Trinajstić information content (AvgIpc) is 2.92. The Balaban J connectivity index is 1.63. The normalized spacial score (nSPS) is 27.5. The van der Waals surface area contributed by atoms with Gasteiger partial charge in [0.15, 0.2) is 0 Å². The maximum atomic E-state index is 12.6. The van der Waals surface area contributed by atoms with Gasteiger partial charge >= 0.3 is 0 Å². The van der Waals surface area contributed by atoms with Crippen molar-refractivity contribution in [3.63, 3.8) is 0 Å². The Morgan fingerprint density at radius 1 is 1.29 bits per heavy atom. The lowest BCUT2D eigenvalue weighted by molar-refractivity contribution is -0.311. The third-order valence-electron chi connectivity index (χ3n) is 5.62. The molecule has 2 N–H and O–H groups in total. The zero-order valence-electron chi connectivity index (χ0n) is 13.9. The molecule has 1 aliphatic carbocycles. The molecule has 2 aliphatic rings. The van der Waals surface area contributed by atoms with Gasteiger partial charge in [-0.3, -0.25) is 4.79 Å². The first-order valence-electron chi connectivity index (χ1n) is 8.79. The minimum atomic E-state index is -1.16. The summed E-state index contributed by atoms with van der Waals surface area (Å²) in [7, 11) is 0. The van der Waals surface area contributed by atoms with Gasteiger partial charge in [-0.2, -0.15) is 0 Å². The smallest absolute Gasteiger partial charge is 0.223 e. The average molecular weight is 329 g/mol. The van der Waals surface area contributed by atoms with Gasteiger partial charge in [-0.05, 0) is 30.7 Å². The lowest BCUT2D eigenvalue weighted by Gasteiger charge is -2.34. The first-order chi connectivity index (χ1) is 11.5. The first kappa shape index (κ1) is 17.0. The van der Waals surface area contributed by atoms with Crippen LogP contribution >= 0.6 is 0 Å². The number of carboxylic acid groups (broad SMARTS) is 1. The molecule has 1 heterocycles. The number of rotatable bonds is 5. The Labute approximate surface area is 142 Å². The number of hydrogen-bond donors (Lipinski definition) is 1. The summed E-state index contributed by atoms with van der Waals surface area (Å²) >= 11 is 0. The Hall–Kier alpha value is -1.88. The Morgan fingerprint density at radius 2 is 2.04 bits per heavy atom. The lowest BCUT2D eigenvalue weighted by Crippen LogP contribution is -2.49. The molecule has 1 saturated carbocycles. The van der Waals surface area contributed by atoms with Crippen LogP contribution in [-0.2, 0) is 16.0 Å². The number of carbonyl (C=O) groups is 2. The summed E-state index contributed by atoms with van der Waals surface area (Å²) < 4.78 is 0. The van der Waals surface area contributed by atoms with E-state index in [1.807, 2.05) is 30.3 Å². The Morgan fingerprint density at radius 3 is 2.71 bits per heavy atom. The van der Waals surface area contributed by atoms with E-state index < -0.39 is 11.9 Å². The number of benzene rings is 1. The molecule has 1 saturated heterocycles. The molecule has 130 valence electrons. The summed E-state index contributed by atoms with van der Waals surface area (Å²) in [5.74, 6) is -1.72. The van der Waals surface area contributed by atoms with Crippen molar-refractivity contribution in [1.82, 2.24) is 4.90 Å². The quantitative estimate of drug-likeness (QED) is 0.862. The minimum Gasteiger partial charge on any atom is -0.550 e. The fourth-order valence-corrected chi connectivity index (χ4v) is 4.17. The fraction of sp³-hybridized carbons (Fsp3) is 0.579. The van der Waals surface area contributed by atoms with E-state index in [1.165, 1.54) is 6.42 Å². The minimum absolute atomic E-state index is 0.0139. The molecule has 3 rings (SSSR count). The highest BCUT2D eigenvalue weighted by atomic mass is 16.4. The predicted octanol–water partition coefficient (Wildman–Crippen LogP) is 0.715. The molecule has 0 radical (unpaired) electrons. The van der Waals surface area contributed by atoms with Gasteiger partial charge in [0, 0.05) is 36.9 Å². The molecule has 0 unspecified atom stereocenters. The fourth-order valence-electron chi connectivity index (χ4n) is 4.17. The van der Waals surface area contributed by atoms with Crippen LogP contribution in [-0.4, -0.2) is 35.4 Å². The van der Waals surface area contributed by atoms with Crippen molar-refractivity contribution >= 4 is 11.9 Å². The number of carboxylic acids is 1. The van der Waals surface area contributed by atoms with Crippen molar-refractivity contribution < 1.29 is 14.7 Å². The maximum Gasteiger partial charge on any atom is 0.223 e. The zero-order chi connectivity index (χ0) is 17.2. The van der Waals surface area contributed by atoms with Gasteiger partial charge in [0.05, 0.1) is 0 Å². The van der Waals surface area contributed by atoms with Crippen LogP contribution in [0.2, 0.25) is 0 Å². The van der Waals surface area contributed by atoms with Gasteiger partial charge in [-0.15, -0.1) is 0 Å². The van der Waals surface area contributed by atoms with Crippen LogP contribution in [0.25, 0.3) is 0 Å². The lowest BCUT2D eigenvalue weighted by atomic mass is 9.76. The van der Waals surface area contributed by atoms with Crippen molar-refractivity contribution in [3.05, 3.63) is 35.9 Å². The van der Waals surface area contributed by atoms with Crippen LogP contribution in [0.4, 0.5) is 0 Å². The van der Waals surface area contributed by atoms with Crippen LogP contribution < -0.4 is 10.8 Å². The van der Waals surface area contributed by atoms with E-state index in [0.717, 1.165) is 24.8 Å². The van der Waals surface area contributed by atoms with Gasteiger partial charge in [-0.1, -0.05) is 43.2 Å². The van der Waals surface area contributed by atoms with E-state index in [9.17, 15) is 14.7 Å². The number of aliphatic carboxylic acids is 1. The molecule has 0 bridgehead atoms. The number of likely N-dealkylation sites (tertiary alicyclic amines) is 1. The molecular weight excluding hydrogens is 304 g/mol. The summed E-state index contributed by atoms with van der Waals surface area (Å²) in [6, 6.07) is 9.37. The van der Waals surface area contributed by atoms with Gasteiger partial charge in [0.25, 0.3) is 0 Å². The molecule has 0 aromatic heterocycles. The highest BCUT2D eigenvalue weighted by Crippen LogP contribution is 2.38. The third-order valence-corrected chi connectivity index (χ3v) is 5.62. The standard InChI is InChI=1S/C19H26N2O3/c20-19-9-5-4-8-16(19)12-21(13-19)17(22)11-15(18(23)24)10-14-6-2-1-3-7-14/h1-3,6-7,15-16H,4-5,8-13,20H2,(H,23,24)/p-1/t15-,16-,19-/m0/s1. The number of carbonyl (C=O) groups excluding carboxylic acids is 2. The van der Waals surface area contributed by atoms with Gasteiger partial charge in [-0.25, -0.2) is 0 Å². The molecule has 5 nitrogen and oxygen atoms in total. The molecule has 3 atom stereocenters. The maximum absolute atomic E-state index is 12.6. The van der Waals surface area contributed by atoms with Crippen molar-refractivity contribution in [2.24, 2.45) is 17.6 Å². The van der Waals surface area contributed by atoms with Crippen molar-refractivity contribution in [2.45, 2.75) is 44.1 Å². The second-order valence-electron chi connectivity index (χ2n) is 7.36. The zero-order valence-corrected chi connectivity index (χ0v) is 13.9. The number of nitrogens with zero attached hydrogens (tertiary/aromatic N) is 1. The predicted molar refractivity (Wildman–Crippen MR) is 88.7 cm³/mol. The van der Waals surface area contributed by atoms with Crippen LogP contribution in [0.5, 0.6) is 0 Å². The largest absolute Gasteiger partial charge is 0.550 e. The Bertz CT molecular complexity index is 604. The van der Waals surface area contributed by atoms with Gasteiger partial charge in [0.2, 0.25) is 5.91 Å². The third kappa shape index (κ3) is 3.61. The van der Waals surface area contributed by atoms with Crippen LogP contribution in [0, 0.1) is 11.8 Å². The highest BCUT2D eigenvalue weighted by Gasteiger charge is 2.46. The van der Waals surface area contributed by atoms with E-state index in [-0.39, 0.29) is 17.9 Å². The SMILES string of the molecule is N[C@]12CCCC[C@H]1CN(C(=O)C[C@H](Cc1ccccc1)C(=O)[O-])C2. The Kier molecular flexibility index (Phi) is 4.90. The van der Waals surface area contributed by atoms with E-state index in [1.54, 1.807) is 4.90 Å². The first-order valence-corrected chi connectivity index (χ1v) is 8.79. The summed E-state index contributed by atoms with van der Waals surface area (Å²) in [6.07, 6.45) is 4.61. The molecule has 1 amide bonds. The van der Waals surface area contributed by atoms with Crippen LogP contribution in [0.15, 0.2) is 30.3 Å². The molecule has 24 heavy (non-hydrogen) atoms. The second-order valence-corrected chi connectivity index (χ2v) is 7.36. The van der Waals surface area contributed by atoms with Gasteiger partial charge < -0.3 is 20.5 Å². The van der Waals surface area contributed by atoms with Crippen molar-refractivity contribution in [3.8, 4) is 0 Å². The summed E-state index contributed by atoms with van der Waals surface area (Å²) in [4.78, 5) is 25.9. The van der Waals surface area contributed by atoms with E-state index in [0.29, 0.717) is 25.4 Å². The number of hydrogen-bond acceptors (Lipinski definition) is 4. The molecule has 1 aromatic rings. The second kappa shape index (κ2) is 6.93. The molecule has 5 heteroatoms. The van der Waals surface area contributed by atoms with Gasteiger partial charge in [0.1, 0.15) is 0 Å². The number of nitrogens with two attached hydrogens (primary N) is 1. The molecule has 1 aliphatic heterocycles. The van der Waals surface area contributed by atoms with E-state index in [2.05, 4.69) is 0 Å². The molecule has 1 aromatic carbocycles. The number of amides is 1. The topological polar surface area (TPSA) is 86.5 Å². The molecule has 2 fully saturated rings. The van der Waals surface area contributed by atoms with Crippen molar-refractivity contribution in [1.29, 1.82) is 0 Å². The van der Waals surface area contributed by atoms with E-state index in [4.69, 9.17) is 5.73 Å². The van der Waals surface area contributed by atoms with Crippen LogP contribution in [0.1, 0.15) is 37.7 Å². The number of fused-ring (bicyclic) bond motifs is 1. The molecular formula is C19H25N2O3-. The van der Waals surface area contributed by atoms with Crippen LogP contribution in [0.3, 0.4) is 0 Å². The summed E-state index contributed by atoms with van der Waals surface area (Å²) in [5.41, 5.74) is 7.12.